The second-order valence-electron chi connectivity index (χ2n) is 5.79. The predicted octanol–water partition coefficient (Wildman–Crippen LogP) is 5.32. The fourth-order valence-electron chi connectivity index (χ4n) is 2.76. The van der Waals surface area contributed by atoms with Gasteiger partial charge in [-0.2, -0.15) is 5.10 Å². The van der Waals surface area contributed by atoms with E-state index in [1.165, 1.54) is 31.0 Å². The zero-order valence-electron chi connectivity index (χ0n) is 15.0. The van der Waals surface area contributed by atoms with E-state index in [0.29, 0.717) is 28.4 Å². The first-order chi connectivity index (χ1) is 13.3. The Morgan fingerprint density at radius 2 is 1.79 bits per heavy atom. The highest BCUT2D eigenvalue weighted by Crippen LogP contribution is 2.38. The van der Waals surface area contributed by atoms with Crippen molar-refractivity contribution in [2.24, 2.45) is 0 Å². The van der Waals surface area contributed by atoms with Gasteiger partial charge in [0.05, 0.1) is 30.6 Å². The van der Waals surface area contributed by atoms with Crippen LogP contribution in [-0.4, -0.2) is 24.0 Å². The van der Waals surface area contributed by atoms with E-state index in [2.05, 4.69) is 5.10 Å². The van der Waals surface area contributed by atoms with E-state index in [1.807, 2.05) is 0 Å². The van der Waals surface area contributed by atoms with Crippen molar-refractivity contribution in [3.8, 4) is 28.4 Å². The number of methoxy groups -OCH3 is 2. The van der Waals surface area contributed by atoms with Crippen molar-refractivity contribution in [1.29, 1.82) is 0 Å². The molecular formula is C19H14Cl3FN2O3. The number of ether oxygens (including phenoxy) is 2. The van der Waals surface area contributed by atoms with Gasteiger partial charge in [0.25, 0.3) is 0 Å². The van der Waals surface area contributed by atoms with Crippen LogP contribution >= 0.6 is 34.8 Å². The first kappa shape index (κ1) is 20.5. The average Bonchev–Trinajstić information content (AvgIpc) is 2.67. The first-order valence-electron chi connectivity index (χ1n) is 7.95. The Labute approximate surface area is 175 Å². The number of nitrogens with zero attached hydrogens (tertiary/aromatic N) is 2. The Kier molecular flexibility index (Phi) is 5.84. The van der Waals surface area contributed by atoms with Crippen molar-refractivity contribution in [3.05, 3.63) is 67.1 Å². The molecule has 0 N–H and O–H groups in total. The van der Waals surface area contributed by atoms with Crippen LogP contribution in [0.5, 0.6) is 11.5 Å². The summed E-state index contributed by atoms with van der Waals surface area (Å²) in [6.07, 6.45) is 0. The molecule has 0 radical (unpaired) electrons. The molecule has 0 bridgehead atoms. The number of benzene rings is 2. The van der Waals surface area contributed by atoms with Gasteiger partial charge in [0, 0.05) is 23.3 Å². The minimum Gasteiger partial charge on any atom is -0.497 e. The molecule has 0 amide bonds. The summed E-state index contributed by atoms with van der Waals surface area (Å²) in [6.45, 7) is 1.58. The lowest BCUT2D eigenvalue weighted by molar-refractivity contribution is 0.394. The minimum atomic E-state index is -0.511. The van der Waals surface area contributed by atoms with Gasteiger partial charge in [-0.05, 0) is 25.1 Å². The van der Waals surface area contributed by atoms with E-state index in [1.54, 1.807) is 19.1 Å². The van der Waals surface area contributed by atoms with Crippen LogP contribution in [0.3, 0.4) is 0 Å². The van der Waals surface area contributed by atoms with Gasteiger partial charge in [-0.1, -0.05) is 34.8 Å². The third-order valence-corrected chi connectivity index (χ3v) is 5.09. The van der Waals surface area contributed by atoms with Crippen molar-refractivity contribution in [2.45, 2.75) is 6.92 Å². The molecule has 1 aromatic heterocycles. The number of rotatable bonds is 4. The highest BCUT2D eigenvalue weighted by molar-refractivity contribution is 6.34. The van der Waals surface area contributed by atoms with Gasteiger partial charge in [-0.3, -0.25) is 4.79 Å². The van der Waals surface area contributed by atoms with E-state index in [9.17, 15) is 9.18 Å². The molecule has 0 atom stereocenters. The fourth-order valence-corrected chi connectivity index (χ4v) is 3.50. The predicted molar refractivity (Wildman–Crippen MR) is 108 cm³/mol. The molecule has 28 heavy (non-hydrogen) atoms. The van der Waals surface area contributed by atoms with Crippen LogP contribution in [0.4, 0.5) is 4.39 Å². The highest BCUT2D eigenvalue weighted by atomic mass is 35.5. The number of aromatic nitrogens is 2. The molecule has 9 heteroatoms. The normalized spacial score (nSPS) is 10.8. The molecule has 2 aromatic carbocycles. The molecule has 3 aromatic rings. The molecule has 0 aliphatic carbocycles. The quantitative estimate of drug-likeness (QED) is 0.547. The van der Waals surface area contributed by atoms with Crippen molar-refractivity contribution >= 4 is 34.8 Å². The van der Waals surface area contributed by atoms with Crippen molar-refractivity contribution in [2.75, 3.05) is 14.2 Å². The molecule has 0 aliphatic heterocycles. The second-order valence-corrected chi connectivity index (χ2v) is 6.94. The molecule has 0 aliphatic rings. The maximum Gasteiger partial charge on any atom is 0.222 e. The second kappa shape index (κ2) is 7.99. The topological polar surface area (TPSA) is 53.4 Å². The maximum absolute atomic E-state index is 13.5. The Hall–Kier alpha value is -2.28. The fraction of sp³-hybridized carbons (Fsp3) is 0.158. The number of halogens is 4. The largest absolute Gasteiger partial charge is 0.497 e. The lowest BCUT2D eigenvalue weighted by Gasteiger charge is -2.19. The molecule has 5 nitrogen and oxygen atoms in total. The van der Waals surface area contributed by atoms with E-state index in [4.69, 9.17) is 44.3 Å². The van der Waals surface area contributed by atoms with E-state index < -0.39 is 11.2 Å². The monoisotopic (exact) mass is 442 g/mol. The summed E-state index contributed by atoms with van der Waals surface area (Å²) >= 11 is 18.8. The van der Waals surface area contributed by atoms with Crippen LogP contribution < -0.4 is 14.9 Å². The summed E-state index contributed by atoms with van der Waals surface area (Å²) < 4.78 is 25.5. The molecular weight excluding hydrogens is 430 g/mol. The third-order valence-electron chi connectivity index (χ3n) is 4.15. The Bertz CT molecular complexity index is 1130. The van der Waals surface area contributed by atoms with Gasteiger partial charge in [-0.15, -0.1) is 0 Å². The minimum absolute atomic E-state index is 0.103. The summed E-state index contributed by atoms with van der Waals surface area (Å²) in [5.74, 6) is 0.270. The van der Waals surface area contributed by atoms with Crippen molar-refractivity contribution < 1.29 is 13.9 Å². The molecule has 3 rings (SSSR count). The SMILES string of the molecule is COc1cc(OC)c(Cl)c(-n2nc(Cl)c(=O)c(C)c2-c2ccc(F)cc2Cl)c1. The average molecular weight is 444 g/mol. The van der Waals surface area contributed by atoms with E-state index >= 15 is 0 Å². The summed E-state index contributed by atoms with van der Waals surface area (Å²) in [6, 6.07) is 7.05. The Balaban J connectivity index is 2.45. The summed E-state index contributed by atoms with van der Waals surface area (Å²) in [7, 11) is 2.94. The van der Waals surface area contributed by atoms with Crippen LogP contribution in [0.1, 0.15) is 5.56 Å². The smallest absolute Gasteiger partial charge is 0.222 e. The standard InChI is InChI=1S/C19H14Cl3FN2O3/c1-9-17(12-5-4-10(23)6-13(12)20)25(24-19(22)18(9)26)14-7-11(27-2)8-15(28-3)16(14)21/h4-8H,1-3H3. The Morgan fingerprint density at radius 1 is 1.07 bits per heavy atom. The molecule has 0 saturated heterocycles. The van der Waals surface area contributed by atoms with E-state index in [-0.39, 0.29) is 20.8 Å². The van der Waals surface area contributed by atoms with Crippen molar-refractivity contribution in [1.82, 2.24) is 9.78 Å². The van der Waals surface area contributed by atoms with Gasteiger partial charge in [0.1, 0.15) is 22.3 Å². The number of hydrogen-bond donors (Lipinski definition) is 0. The first-order valence-corrected chi connectivity index (χ1v) is 9.08. The maximum atomic E-state index is 13.5. The Morgan fingerprint density at radius 3 is 2.39 bits per heavy atom. The molecule has 1 heterocycles. The molecule has 0 unspecified atom stereocenters. The van der Waals surface area contributed by atoms with Crippen LogP contribution in [-0.2, 0) is 0 Å². The lowest BCUT2D eigenvalue weighted by Crippen LogP contribution is -2.18. The summed E-state index contributed by atoms with van der Waals surface area (Å²) in [5, 5.41) is 4.24. The molecule has 146 valence electrons. The molecule has 0 fully saturated rings. The zero-order chi connectivity index (χ0) is 20.6. The highest BCUT2D eigenvalue weighted by Gasteiger charge is 2.22. The van der Waals surface area contributed by atoms with Gasteiger partial charge < -0.3 is 9.47 Å². The zero-order valence-corrected chi connectivity index (χ0v) is 17.3. The lowest BCUT2D eigenvalue weighted by atomic mass is 10.1. The summed E-state index contributed by atoms with van der Waals surface area (Å²) in [4.78, 5) is 12.4. The van der Waals surface area contributed by atoms with Crippen LogP contribution in [0.15, 0.2) is 35.1 Å². The van der Waals surface area contributed by atoms with Gasteiger partial charge in [0.2, 0.25) is 5.43 Å². The van der Waals surface area contributed by atoms with E-state index in [0.717, 1.165) is 6.07 Å². The van der Waals surface area contributed by atoms with Gasteiger partial charge >= 0.3 is 0 Å². The van der Waals surface area contributed by atoms with Gasteiger partial charge in [0.15, 0.2) is 5.15 Å². The summed E-state index contributed by atoms with van der Waals surface area (Å²) in [5.41, 5.74) is 0.847. The van der Waals surface area contributed by atoms with Gasteiger partial charge in [-0.25, -0.2) is 9.07 Å². The van der Waals surface area contributed by atoms with Crippen LogP contribution in [0.25, 0.3) is 16.9 Å². The van der Waals surface area contributed by atoms with Crippen LogP contribution in [0.2, 0.25) is 15.2 Å². The molecule has 0 saturated carbocycles. The third kappa shape index (κ3) is 3.55. The van der Waals surface area contributed by atoms with Crippen molar-refractivity contribution in [3.63, 3.8) is 0 Å². The van der Waals surface area contributed by atoms with Crippen LogP contribution in [0, 0.1) is 12.7 Å². The molecule has 0 spiro atoms. The number of hydrogen-bond acceptors (Lipinski definition) is 4.